The van der Waals surface area contributed by atoms with Gasteiger partial charge in [0, 0.05) is 11.6 Å². The smallest absolute Gasteiger partial charge is 0.418 e. The van der Waals surface area contributed by atoms with Crippen molar-refractivity contribution in [1.29, 1.82) is 0 Å². The molecule has 15 heavy (non-hydrogen) atoms. The van der Waals surface area contributed by atoms with Crippen LogP contribution in [0, 0.1) is 6.92 Å². The average molecular weight is 243 g/mol. The fourth-order valence-corrected chi connectivity index (χ4v) is 1.14. The summed E-state index contributed by atoms with van der Waals surface area (Å²) < 4.78 is 41.0. The second kappa shape index (κ2) is 5.95. The first-order valence-electron chi connectivity index (χ1n) is 4.27. The lowest BCUT2D eigenvalue weighted by molar-refractivity contribution is -0.691. The third-order valence-corrected chi connectivity index (χ3v) is 2.05. The maximum absolute atomic E-state index is 9.75. The van der Waals surface area contributed by atoms with Crippen LogP contribution in [-0.4, -0.2) is 7.25 Å². The lowest BCUT2D eigenvalue weighted by Gasteiger charge is -1.95. The molecule has 0 amide bonds. The highest BCUT2D eigenvalue weighted by Gasteiger charge is 2.20. The molecule has 86 valence electrons. The molecule has 0 spiro atoms. The molecule has 0 aliphatic heterocycles. The molecule has 1 rings (SSSR count). The Balaban J connectivity index is 0.000000336. The van der Waals surface area contributed by atoms with Crippen LogP contribution in [0.4, 0.5) is 17.3 Å². The van der Waals surface area contributed by atoms with Gasteiger partial charge in [0.2, 0.25) is 0 Å². The molecule has 0 aliphatic rings. The molecule has 1 aromatic heterocycles. The number of nitrogens with zero attached hydrogens (tertiary/aromatic N) is 1. The molecule has 0 saturated heterocycles. The summed E-state index contributed by atoms with van der Waals surface area (Å²) in [5.41, 5.74) is 1.13. The Morgan fingerprint density at radius 3 is 2.13 bits per heavy atom. The Morgan fingerprint density at radius 2 is 1.80 bits per heavy atom. The Labute approximate surface area is 90.8 Å². The monoisotopic (exact) mass is 243 g/mol. The van der Waals surface area contributed by atoms with E-state index in [1.807, 2.05) is 29.8 Å². The molecular weight excluding hydrogens is 232 g/mol. The number of hydrogen-bond acceptors (Lipinski definition) is 0. The minimum Gasteiger partial charge on any atom is -0.418 e. The molecule has 0 fully saturated rings. The van der Waals surface area contributed by atoms with E-state index < -0.39 is 7.25 Å². The van der Waals surface area contributed by atoms with Crippen LogP contribution in [0.1, 0.15) is 12.5 Å². The van der Waals surface area contributed by atoms with Crippen LogP contribution in [0.2, 0.25) is 5.15 Å². The maximum atomic E-state index is 9.75. The van der Waals surface area contributed by atoms with Gasteiger partial charge in [-0.1, -0.05) is 0 Å². The van der Waals surface area contributed by atoms with Crippen LogP contribution in [0.25, 0.3) is 0 Å². The van der Waals surface area contributed by atoms with Crippen LogP contribution in [-0.2, 0) is 6.54 Å². The highest BCUT2D eigenvalue weighted by molar-refractivity contribution is 6.50. The summed E-state index contributed by atoms with van der Waals surface area (Å²) in [4.78, 5) is 0. The largest absolute Gasteiger partial charge is 0.673 e. The van der Waals surface area contributed by atoms with Crippen LogP contribution in [0.15, 0.2) is 18.3 Å². The first kappa shape index (κ1) is 14.2. The van der Waals surface area contributed by atoms with Gasteiger partial charge in [0.05, 0.1) is 0 Å². The molecule has 0 bridgehead atoms. The van der Waals surface area contributed by atoms with Gasteiger partial charge in [0.25, 0.3) is 5.15 Å². The first-order valence-corrected chi connectivity index (χ1v) is 4.65. The molecule has 0 radical (unpaired) electrons. The zero-order valence-electron chi connectivity index (χ0n) is 8.35. The number of aryl methyl sites for hydroxylation is 2. The average Bonchev–Trinajstić information content (AvgIpc) is 2.07. The first-order chi connectivity index (χ1) is 6.75. The van der Waals surface area contributed by atoms with E-state index in [1.165, 1.54) is 0 Å². The summed E-state index contributed by atoms with van der Waals surface area (Å²) in [6.45, 7) is 5.01. The third kappa shape index (κ3) is 7.19. The third-order valence-electron chi connectivity index (χ3n) is 1.53. The second-order valence-corrected chi connectivity index (χ2v) is 3.12. The normalized spacial score (nSPS) is 10.6. The van der Waals surface area contributed by atoms with Crippen molar-refractivity contribution in [3.8, 4) is 0 Å². The van der Waals surface area contributed by atoms with E-state index in [4.69, 9.17) is 11.6 Å². The van der Waals surface area contributed by atoms with Crippen molar-refractivity contribution in [2.45, 2.75) is 20.4 Å². The van der Waals surface area contributed by atoms with Gasteiger partial charge in [-0.15, -0.1) is 0 Å². The van der Waals surface area contributed by atoms with Gasteiger partial charge in [-0.3, -0.25) is 0 Å². The van der Waals surface area contributed by atoms with Crippen LogP contribution in [0.5, 0.6) is 0 Å². The Hall–Kier alpha value is -0.775. The second-order valence-electron chi connectivity index (χ2n) is 2.76. The van der Waals surface area contributed by atoms with E-state index in [1.54, 1.807) is 0 Å². The predicted octanol–water partition coefficient (Wildman–Crippen LogP) is 3.26. The van der Waals surface area contributed by atoms with Crippen LogP contribution < -0.4 is 4.57 Å². The molecule has 0 saturated carbocycles. The highest BCUT2D eigenvalue weighted by Crippen LogP contribution is 2.07. The molecule has 0 atom stereocenters. The van der Waals surface area contributed by atoms with Gasteiger partial charge in [-0.2, -0.15) is 4.57 Å². The molecule has 0 aromatic carbocycles. The molecular formula is C8H11BClF4N. The minimum absolute atomic E-state index is 0.838. The van der Waals surface area contributed by atoms with E-state index in [2.05, 4.69) is 6.92 Å². The van der Waals surface area contributed by atoms with E-state index >= 15 is 0 Å². The Morgan fingerprint density at radius 1 is 1.33 bits per heavy atom. The van der Waals surface area contributed by atoms with Crippen LogP contribution >= 0.6 is 11.6 Å². The predicted molar refractivity (Wildman–Crippen MR) is 52.2 cm³/mol. The minimum atomic E-state index is -6.00. The van der Waals surface area contributed by atoms with Gasteiger partial charge < -0.3 is 17.3 Å². The van der Waals surface area contributed by atoms with Crippen LogP contribution in [0.3, 0.4) is 0 Å². The van der Waals surface area contributed by atoms with E-state index in [0.717, 1.165) is 17.3 Å². The molecule has 1 heterocycles. The van der Waals surface area contributed by atoms with Crippen molar-refractivity contribution >= 4 is 18.9 Å². The highest BCUT2D eigenvalue weighted by atomic mass is 35.5. The Kier molecular flexibility index (Phi) is 5.64. The van der Waals surface area contributed by atoms with Gasteiger partial charge in [-0.05, 0) is 31.5 Å². The van der Waals surface area contributed by atoms with Gasteiger partial charge >= 0.3 is 7.25 Å². The van der Waals surface area contributed by atoms with E-state index in [0.29, 0.717) is 0 Å². The van der Waals surface area contributed by atoms with Gasteiger partial charge in [0.1, 0.15) is 6.54 Å². The summed E-state index contributed by atoms with van der Waals surface area (Å²) in [5.74, 6) is 0. The quantitative estimate of drug-likeness (QED) is 0.308. The molecule has 0 unspecified atom stereocenters. The summed E-state index contributed by atoms with van der Waals surface area (Å²) >= 11 is 5.96. The lowest BCUT2D eigenvalue weighted by Crippen LogP contribution is -2.33. The number of aromatic nitrogens is 1. The van der Waals surface area contributed by atoms with Gasteiger partial charge in [-0.25, -0.2) is 0 Å². The molecule has 7 heteroatoms. The van der Waals surface area contributed by atoms with Crippen molar-refractivity contribution in [2.75, 3.05) is 0 Å². The van der Waals surface area contributed by atoms with Gasteiger partial charge in [0.15, 0.2) is 6.20 Å². The zero-order chi connectivity index (χ0) is 12.1. The molecule has 1 aromatic rings. The number of rotatable bonds is 1. The number of hydrogen-bond donors (Lipinski definition) is 0. The fraction of sp³-hybridized carbons (Fsp3) is 0.375. The topological polar surface area (TPSA) is 3.88 Å². The molecule has 1 nitrogen and oxygen atoms in total. The van der Waals surface area contributed by atoms with Crippen molar-refractivity contribution < 1.29 is 21.8 Å². The summed E-state index contributed by atoms with van der Waals surface area (Å²) in [6.07, 6.45) is 1.98. The van der Waals surface area contributed by atoms with Crippen molar-refractivity contribution in [3.05, 3.63) is 29.0 Å². The maximum Gasteiger partial charge on any atom is 0.673 e. The standard InChI is InChI=1S/C8H11ClN.BF4/c1-3-10-6-4-5-7(2)8(10)9;2-1(3,4)5/h4-6H,3H2,1-2H3;/q+1;-1. The molecule has 0 aliphatic carbocycles. The summed E-state index contributed by atoms with van der Waals surface area (Å²) in [7, 11) is -6.00. The lowest BCUT2D eigenvalue weighted by atomic mass is 10.3. The molecule has 0 N–H and O–H groups in total. The van der Waals surface area contributed by atoms with Crippen molar-refractivity contribution in [2.24, 2.45) is 0 Å². The SMILES string of the molecule is CC[n+]1cccc(C)c1Cl.F[B-](F)(F)F. The number of pyridine rings is 1. The summed E-state index contributed by atoms with van der Waals surface area (Å²) in [6, 6.07) is 4.01. The fourth-order valence-electron chi connectivity index (χ4n) is 0.896. The Bertz CT molecular complexity index is 310. The van der Waals surface area contributed by atoms with Crippen molar-refractivity contribution in [3.63, 3.8) is 0 Å². The zero-order valence-corrected chi connectivity index (χ0v) is 9.11. The van der Waals surface area contributed by atoms with E-state index in [-0.39, 0.29) is 0 Å². The van der Waals surface area contributed by atoms with E-state index in [9.17, 15) is 17.3 Å². The number of halogens is 5. The summed E-state index contributed by atoms with van der Waals surface area (Å²) in [5, 5.41) is 0.838. The van der Waals surface area contributed by atoms with Crippen molar-refractivity contribution in [1.82, 2.24) is 0 Å².